The molecule has 2 aromatic heterocycles. The summed E-state index contributed by atoms with van der Waals surface area (Å²) in [6.45, 7) is 0. The second-order valence-electron chi connectivity index (χ2n) is 10.8. The first kappa shape index (κ1) is 25.4. The van der Waals surface area contributed by atoms with E-state index in [4.69, 9.17) is 4.74 Å². The zero-order valence-electron chi connectivity index (χ0n) is 23.8. The number of nitriles is 2. The monoisotopic (exact) mass is 564 g/mol. The summed E-state index contributed by atoms with van der Waals surface area (Å²) in [5.74, 6) is 0.752. The Morgan fingerprint density at radius 3 is 2.00 bits per heavy atom. The lowest BCUT2D eigenvalue weighted by atomic mass is 10.0. The summed E-state index contributed by atoms with van der Waals surface area (Å²) in [6, 6.07) is 48.0. The normalized spacial score (nSPS) is 11.2. The standard InChI is InChI=1S/C39H24N4O/c1-44-29-16-19-38-33(22-29)32-20-25(15-18-37(32)43(38)36-13-7-8-27(23-40)34(36)24-41)26-14-17-31-30-11-5-6-12-35(30)42(39(31)21-26)28-9-3-2-4-10-28/h2-22H,1H3. The van der Waals surface area contributed by atoms with Gasteiger partial charge in [-0.05, 0) is 77.9 Å². The van der Waals surface area contributed by atoms with E-state index in [1.807, 2.05) is 36.4 Å². The molecule has 0 unspecified atom stereocenters. The van der Waals surface area contributed by atoms with E-state index in [1.54, 1.807) is 13.2 Å². The third-order valence-corrected chi connectivity index (χ3v) is 8.51. The second kappa shape index (κ2) is 9.91. The fourth-order valence-electron chi connectivity index (χ4n) is 6.51. The Hall–Kier alpha value is -6.30. The van der Waals surface area contributed by atoms with Crippen LogP contribution < -0.4 is 4.74 Å². The lowest BCUT2D eigenvalue weighted by molar-refractivity contribution is 0.415. The summed E-state index contributed by atoms with van der Waals surface area (Å²) < 4.78 is 10.0. The highest BCUT2D eigenvalue weighted by Gasteiger charge is 2.19. The predicted molar refractivity (Wildman–Crippen MR) is 177 cm³/mol. The van der Waals surface area contributed by atoms with E-state index in [-0.39, 0.29) is 0 Å². The maximum Gasteiger partial charge on any atom is 0.119 e. The Kier molecular flexibility index (Phi) is 5.72. The molecular weight excluding hydrogens is 540 g/mol. The van der Waals surface area contributed by atoms with Gasteiger partial charge in [0.2, 0.25) is 0 Å². The van der Waals surface area contributed by atoms with Crippen molar-refractivity contribution in [1.29, 1.82) is 10.5 Å². The summed E-state index contributed by atoms with van der Waals surface area (Å²) >= 11 is 0. The number of rotatable bonds is 4. The van der Waals surface area contributed by atoms with Crippen LogP contribution in [0.1, 0.15) is 11.1 Å². The van der Waals surface area contributed by atoms with Gasteiger partial charge >= 0.3 is 0 Å². The van der Waals surface area contributed by atoms with Crippen LogP contribution in [0.5, 0.6) is 5.75 Å². The topological polar surface area (TPSA) is 66.7 Å². The van der Waals surface area contributed by atoms with Crippen molar-refractivity contribution < 1.29 is 4.74 Å². The summed E-state index contributed by atoms with van der Waals surface area (Å²) in [6.07, 6.45) is 0. The molecule has 6 aromatic carbocycles. The first-order chi connectivity index (χ1) is 21.7. The van der Waals surface area contributed by atoms with E-state index in [1.165, 1.54) is 16.3 Å². The third-order valence-electron chi connectivity index (χ3n) is 8.51. The molecule has 206 valence electrons. The van der Waals surface area contributed by atoms with Crippen LogP contribution in [0.3, 0.4) is 0 Å². The zero-order valence-corrected chi connectivity index (χ0v) is 23.8. The highest BCUT2D eigenvalue weighted by atomic mass is 16.5. The van der Waals surface area contributed by atoms with Crippen molar-refractivity contribution in [2.45, 2.75) is 0 Å². The maximum atomic E-state index is 10.1. The summed E-state index contributed by atoms with van der Waals surface area (Å²) in [7, 11) is 1.66. The van der Waals surface area contributed by atoms with Gasteiger partial charge in [0.25, 0.3) is 0 Å². The second-order valence-corrected chi connectivity index (χ2v) is 10.8. The van der Waals surface area contributed by atoms with Gasteiger partial charge in [0, 0.05) is 27.2 Å². The molecule has 0 N–H and O–H groups in total. The lowest BCUT2D eigenvalue weighted by Crippen LogP contribution is -1.99. The molecule has 0 aliphatic carbocycles. The van der Waals surface area contributed by atoms with Gasteiger partial charge in [-0.15, -0.1) is 0 Å². The van der Waals surface area contributed by atoms with E-state index >= 15 is 0 Å². The Bertz CT molecular complexity index is 2510. The van der Waals surface area contributed by atoms with E-state index in [0.717, 1.165) is 49.9 Å². The van der Waals surface area contributed by atoms with Crippen molar-refractivity contribution in [3.05, 3.63) is 139 Å². The maximum absolute atomic E-state index is 10.1. The molecule has 0 bridgehead atoms. The summed E-state index contributed by atoms with van der Waals surface area (Å²) in [5, 5.41) is 24.2. The Morgan fingerprint density at radius 2 is 1.20 bits per heavy atom. The molecule has 0 spiro atoms. The number of hydrogen-bond acceptors (Lipinski definition) is 3. The minimum Gasteiger partial charge on any atom is -0.497 e. The first-order valence-corrected chi connectivity index (χ1v) is 14.3. The molecule has 0 aliphatic heterocycles. The number of ether oxygens (including phenoxy) is 1. The van der Waals surface area contributed by atoms with E-state index in [9.17, 15) is 10.5 Å². The van der Waals surface area contributed by atoms with Gasteiger partial charge < -0.3 is 13.9 Å². The highest BCUT2D eigenvalue weighted by Crippen LogP contribution is 2.39. The van der Waals surface area contributed by atoms with Crippen molar-refractivity contribution in [2.75, 3.05) is 7.11 Å². The van der Waals surface area contributed by atoms with Crippen molar-refractivity contribution in [3.8, 4) is 40.4 Å². The lowest BCUT2D eigenvalue weighted by Gasteiger charge is -2.11. The van der Waals surface area contributed by atoms with Gasteiger partial charge in [0.05, 0.1) is 46.0 Å². The molecule has 0 fully saturated rings. The largest absolute Gasteiger partial charge is 0.497 e. The van der Waals surface area contributed by atoms with Crippen LogP contribution in [-0.4, -0.2) is 16.2 Å². The van der Waals surface area contributed by atoms with Crippen LogP contribution in [0.15, 0.2) is 127 Å². The van der Waals surface area contributed by atoms with Crippen LogP contribution in [0, 0.1) is 22.7 Å². The number of benzene rings is 6. The van der Waals surface area contributed by atoms with Gasteiger partial charge in [-0.25, -0.2) is 0 Å². The fraction of sp³-hybridized carbons (Fsp3) is 0.0256. The molecule has 5 heteroatoms. The molecule has 0 saturated carbocycles. The van der Waals surface area contributed by atoms with Gasteiger partial charge in [-0.2, -0.15) is 10.5 Å². The minimum absolute atomic E-state index is 0.354. The minimum atomic E-state index is 0.354. The Labute approximate surface area is 253 Å². The Balaban J connectivity index is 1.40. The Morgan fingerprint density at radius 1 is 0.523 bits per heavy atom. The van der Waals surface area contributed by atoms with Crippen molar-refractivity contribution >= 4 is 43.6 Å². The van der Waals surface area contributed by atoms with Crippen LogP contribution in [0.2, 0.25) is 0 Å². The average Bonchev–Trinajstić information content (AvgIpc) is 3.59. The molecule has 0 radical (unpaired) electrons. The molecule has 8 aromatic rings. The van der Waals surface area contributed by atoms with Gasteiger partial charge in [0.15, 0.2) is 0 Å². The van der Waals surface area contributed by atoms with Crippen LogP contribution in [-0.2, 0) is 0 Å². The SMILES string of the molecule is COc1ccc2c(c1)c1cc(-c3ccc4c5ccccc5n(-c5ccccc5)c4c3)ccc1n2-c1cccc(C#N)c1C#N. The third kappa shape index (κ3) is 3.71. The molecule has 0 saturated heterocycles. The van der Waals surface area contributed by atoms with Crippen molar-refractivity contribution in [3.63, 3.8) is 0 Å². The number of nitrogens with zero attached hydrogens (tertiary/aromatic N) is 4. The number of para-hydroxylation sites is 2. The molecule has 0 aliphatic rings. The number of methoxy groups -OCH3 is 1. The molecule has 5 nitrogen and oxygen atoms in total. The van der Waals surface area contributed by atoms with E-state index in [2.05, 4.69) is 106 Å². The number of aromatic nitrogens is 2. The number of fused-ring (bicyclic) bond motifs is 6. The molecule has 8 rings (SSSR count). The predicted octanol–water partition coefficient (Wildman–Crippen LogP) is 9.30. The average molecular weight is 565 g/mol. The first-order valence-electron chi connectivity index (χ1n) is 14.3. The summed E-state index contributed by atoms with van der Waals surface area (Å²) in [4.78, 5) is 0. The van der Waals surface area contributed by atoms with E-state index < -0.39 is 0 Å². The van der Waals surface area contributed by atoms with Crippen molar-refractivity contribution in [1.82, 2.24) is 9.13 Å². The fourth-order valence-corrected chi connectivity index (χ4v) is 6.51. The van der Waals surface area contributed by atoms with Crippen LogP contribution in [0.4, 0.5) is 0 Å². The van der Waals surface area contributed by atoms with Crippen molar-refractivity contribution in [2.24, 2.45) is 0 Å². The molecule has 0 amide bonds. The molecule has 44 heavy (non-hydrogen) atoms. The van der Waals surface area contributed by atoms with Crippen LogP contribution >= 0.6 is 0 Å². The molecule has 0 atom stereocenters. The van der Waals surface area contributed by atoms with Crippen LogP contribution in [0.25, 0.3) is 66.1 Å². The summed E-state index contributed by atoms with van der Waals surface area (Å²) in [5.41, 5.74) is 8.89. The highest BCUT2D eigenvalue weighted by molar-refractivity contribution is 6.12. The quantitative estimate of drug-likeness (QED) is 0.214. The number of hydrogen-bond donors (Lipinski definition) is 0. The smallest absolute Gasteiger partial charge is 0.119 e. The van der Waals surface area contributed by atoms with Gasteiger partial charge in [-0.3, -0.25) is 0 Å². The van der Waals surface area contributed by atoms with Gasteiger partial charge in [-0.1, -0.05) is 60.7 Å². The molecular formula is C39H24N4O. The zero-order chi connectivity index (χ0) is 29.8. The molecule has 2 heterocycles. The van der Waals surface area contributed by atoms with Gasteiger partial charge in [0.1, 0.15) is 17.9 Å². The van der Waals surface area contributed by atoms with E-state index in [0.29, 0.717) is 16.8 Å².